The smallest absolute Gasteiger partial charge is 0.435 e. The Morgan fingerprint density at radius 1 is 0.800 bits per heavy atom. The summed E-state index contributed by atoms with van der Waals surface area (Å²) in [5.74, 6) is -0.102. The second-order valence-corrected chi connectivity index (χ2v) is 18.0. The molecule has 0 aromatic carbocycles. The average molecular weight is 777 g/mol. The number of hydrogen-bond acceptors (Lipinski definition) is 12. The van der Waals surface area contributed by atoms with E-state index in [0.29, 0.717) is 25.2 Å². The van der Waals surface area contributed by atoms with E-state index >= 15 is 0 Å². The molecule has 0 bridgehead atoms. The van der Waals surface area contributed by atoms with E-state index in [2.05, 4.69) is 41.5 Å². The van der Waals surface area contributed by atoms with Crippen LogP contribution in [0.15, 0.2) is 11.1 Å². The summed E-state index contributed by atoms with van der Waals surface area (Å²) < 4.78 is 39.3. The highest BCUT2D eigenvalue weighted by atomic mass is 16.8. The van der Waals surface area contributed by atoms with Crippen molar-refractivity contribution < 1.29 is 57.1 Å². The van der Waals surface area contributed by atoms with E-state index in [4.69, 9.17) is 33.2 Å². The third-order valence-corrected chi connectivity index (χ3v) is 14.5. The fraction of sp³-hybridized carbons (Fsp3) is 0.837. The predicted octanol–water partition coefficient (Wildman–Crippen LogP) is 9.20. The lowest BCUT2D eigenvalue weighted by atomic mass is 9.36. The standard InChI is InChI=1S/C43H68O12/c1-13-49-25-33(45)40(8,9)35(55-38(48)52-16-4)30(54-37(47)51-15-3)23-26(5)27-17-21-42(11)28(27)24-29(53-36(46)50-14-2)34-41(10)20-19-32(44)39(6,7)31(41)18-22-43(34,42)12/h26,29-31,34-35H,13-25H2,1-12H3/t26-,29+,30+,31+,34+,35-,41+,42+,43+/m1/s1. The molecule has 0 aromatic heterocycles. The third-order valence-electron chi connectivity index (χ3n) is 14.5. The first-order valence-corrected chi connectivity index (χ1v) is 20.6. The zero-order valence-electron chi connectivity index (χ0n) is 35.6. The third kappa shape index (κ3) is 8.31. The van der Waals surface area contributed by atoms with Gasteiger partial charge in [0.05, 0.1) is 25.2 Å². The molecule has 0 aliphatic heterocycles. The summed E-state index contributed by atoms with van der Waals surface area (Å²) in [5, 5.41) is 0. The van der Waals surface area contributed by atoms with Gasteiger partial charge in [0.25, 0.3) is 0 Å². The lowest BCUT2D eigenvalue weighted by Gasteiger charge is -2.69. The Kier molecular flexibility index (Phi) is 13.9. The topological polar surface area (TPSA) is 150 Å². The number of ether oxygens (including phenoxy) is 7. The Labute approximate surface area is 328 Å². The molecule has 0 aromatic rings. The van der Waals surface area contributed by atoms with Crippen molar-refractivity contribution >= 4 is 30.0 Å². The number of hydrogen-bond donors (Lipinski definition) is 0. The monoisotopic (exact) mass is 776 g/mol. The lowest BCUT2D eigenvalue weighted by Crippen LogP contribution is -2.66. The fourth-order valence-corrected chi connectivity index (χ4v) is 11.5. The number of fused-ring (bicyclic) bond motifs is 5. The first-order valence-electron chi connectivity index (χ1n) is 20.6. The van der Waals surface area contributed by atoms with E-state index < -0.39 is 47.6 Å². The molecule has 0 spiro atoms. The van der Waals surface area contributed by atoms with Crippen molar-refractivity contribution in [3.63, 3.8) is 0 Å². The summed E-state index contributed by atoms with van der Waals surface area (Å²) in [4.78, 5) is 66.0. The van der Waals surface area contributed by atoms with Crippen LogP contribution in [0.1, 0.15) is 134 Å². The normalized spacial score (nSPS) is 31.5. The van der Waals surface area contributed by atoms with Crippen LogP contribution in [-0.2, 0) is 42.7 Å². The molecule has 0 unspecified atom stereocenters. The number of carbonyl (C=O) groups excluding carboxylic acids is 5. The van der Waals surface area contributed by atoms with Crippen LogP contribution in [0.5, 0.6) is 0 Å². The summed E-state index contributed by atoms with van der Waals surface area (Å²) >= 11 is 0. The zero-order chi connectivity index (χ0) is 41.1. The van der Waals surface area contributed by atoms with Gasteiger partial charge in [-0.15, -0.1) is 0 Å². The first kappa shape index (κ1) is 44.6. The Hall–Kier alpha value is -3.15. The van der Waals surface area contributed by atoms with Crippen LogP contribution >= 0.6 is 0 Å². The van der Waals surface area contributed by atoms with Crippen molar-refractivity contribution in [1.82, 2.24) is 0 Å². The Bertz CT molecular complexity index is 1480. The van der Waals surface area contributed by atoms with Gasteiger partial charge in [-0.3, -0.25) is 9.59 Å². The van der Waals surface area contributed by atoms with Crippen LogP contribution in [-0.4, -0.2) is 81.4 Å². The van der Waals surface area contributed by atoms with Crippen molar-refractivity contribution in [2.45, 2.75) is 153 Å². The molecule has 312 valence electrons. The maximum atomic E-state index is 13.6. The highest BCUT2D eigenvalue weighted by Crippen LogP contribution is 2.74. The minimum absolute atomic E-state index is 0.0154. The molecule has 0 saturated heterocycles. The Balaban J connectivity index is 1.81. The van der Waals surface area contributed by atoms with Gasteiger partial charge in [-0.1, -0.05) is 52.7 Å². The van der Waals surface area contributed by atoms with E-state index in [0.717, 1.165) is 32.1 Å². The van der Waals surface area contributed by atoms with Gasteiger partial charge >= 0.3 is 18.5 Å². The molecule has 0 amide bonds. The minimum Gasteiger partial charge on any atom is -0.435 e. The van der Waals surface area contributed by atoms with Crippen molar-refractivity contribution in [1.29, 1.82) is 0 Å². The number of ketones is 2. The van der Waals surface area contributed by atoms with Crippen molar-refractivity contribution in [3.8, 4) is 0 Å². The van der Waals surface area contributed by atoms with Crippen molar-refractivity contribution in [2.75, 3.05) is 33.0 Å². The SMILES string of the molecule is CCOCC(=O)C(C)(C)[C@H](OC(=O)OCC)[C@H](C[C@@H](C)C1=C2C[C@H](OC(=O)OCC)[C@H]3[C@@]4(C)CCC(=O)C(C)(C)[C@@H]4CC[C@]3(C)[C@@]2(C)CC1)OC(=O)OCC. The Morgan fingerprint density at radius 2 is 1.40 bits per heavy atom. The molecule has 12 nitrogen and oxygen atoms in total. The maximum absolute atomic E-state index is 13.6. The molecule has 55 heavy (non-hydrogen) atoms. The van der Waals surface area contributed by atoms with Crippen LogP contribution in [0.3, 0.4) is 0 Å². The quantitative estimate of drug-likeness (QED) is 0.0886. The van der Waals surface area contributed by atoms with Gasteiger partial charge < -0.3 is 33.2 Å². The molecule has 4 aliphatic carbocycles. The zero-order valence-corrected chi connectivity index (χ0v) is 35.6. The molecule has 9 atom stereocenters. The number of rotatable bonds is 15. The summed E-state index contributed by atoms with van der Waals surface area (Å²) in [6.07, 6.45) is -0.0133. The molecular formula is C43H68O12. The van der Waals surface area contributed by atoms with Crippen LogP contribution in [0.25, 0.3) is 0 Å². The Morgan fingerprint density at radius 3 is 2.00 bits per heavy atom. The molecular weight excluding hydrogens is 708 g/mol. The van der Waals surface area contributed by atoms with Gasteiger partial charge in [0.15, 0.2) is 11.9 Å². The van der Waals surface area contributed by atoms with E-state index in [1.807, 2.05) is 0 Å². The number of allylic oxidation sites excluding steroid dienone is 1. The molecule has 0 N–H and O–H groups in total. The summed E-state index contributed by atoms with van der Waals surface area (Å²) in [6.45, 7) is 23.8. The molecule has 12 heteroatoms. The summed E-state index contributed by atoms with van der Waals surface area (Å²) in [7, 11) is 0. The molecule has 4 rings (SSSR count). The van der Waals surface area contributed by atoms with Gasteiger partial charge in [0, 0.05) is 30.8 Å². The van der Waals surface area contributed by atoms with Crippen molar-refractivity contribution in [2.24, 2.45) is 44.8 Å². The average Bonchev–Trinajstić information content (AvgIpc) is 3.45. The molecule has 3 saturated carbocycles. The van der Waals surface area contributed by atoms with Gasteiger partial charge in [-0.05, 0) is 108 Å². The number of Topliss-reactive ketones (excluding diaryl/α,β-unsaturated/α-hetero) is 2. The van der Waals surface area contributed by atoms with Crippen LogP contribution in [0.4, 0.5) is 14.4 Å². The van der Waals surface area contributed by atoms with E-state index in [9.17, 15) is 24.0 Å². The highest BCUT2D eigenvalue weighted by molar-refractivity contribution is 5.86. The van der Waals surface area contributed by atoms with Crippen LogP contribution in [0, 0.1) is 44.8 Å². The van der Waals surface area contributed by atoms with Gasteiger partial charge in [0.1, 0.15) is 24.6 Å². The summed E-state index contributed by atoms with van der Waals surface area (Å²) in [5.41, 5.74) is -0.189. The summed E-state index contributed by atoms with van der Waals surface area (Å²) in [6, 6.07) is 0. The van der Waals surface area contributed by atoms with E-state index in [1.165, 1.54) is 11.1 Å². The largest absolute Gasteiger partial charge is 0.508 e. The van der Waals surface area contributed by atoms with E-state index in [1.54, 1.807) is 41.5 Å². The van der Waals surface area contributed by atoms with Crippen molar-refractivity contribution in [3.05, 3.63) is 11.1 Å². The first-order chi connectivity index (χ1) is 25.7. The minimum atomic E-state index is -1.34. The highest BCUT2D eigenvalue weighted by Gasteiger charge is 2.70. The van der Waals surface area contributed by atoms with Gasteiger partial charge in [0.2, 0.25) is 0 Å². The van der Waals surface area contributed by atoms with Crippen LogP contribution < -0.4 is 0 Å². The van der Waals surface area contributed by atoms with E-state index in [-0.39, 0.29) is 72.6 Å². The molecule has 4 aliphatic rings. The number of carbonyl (C=O) groups is 5. The lowest BCUT2D eigenvalue weighted by molar-refractivity contribution is -0.210. The van der Waals surface area contributed by atoms with Gasteiger partial charge in [-0.25, -0.2) is 14.4 Å². The second-order valence-electron chi connectivity index (χ2n) is 18.0. The predicted molar refractivity (Wildman–Crippen MR) is 204 cm³/mol. The fourth-order valence-electron chi connectivity index (χ4n) is 11.5. The molecule has 0 radical (unpaired) electrons. The van der Waals surface area contributed by atoms with Gasteiger partial charge in [-0.2, -0.15) is 0 Å². The maximum Gasteiger partial charge on any atom is 0.508 e. The second kappa shape index (κ2) is 17.1. The molecule has 3 fully saturated rings. The molecule has 0 heterocycles. The van der Waals surface area contributed by atoms with Crippen LogP contribution in [0.2, 0.25) is 0 Å².